The van der Waals surface area contributed by atoms with Crippen molar-refractivity contribution in [2.75, 3.05) is 13.1 Å². The number of nitrogens with zero attached hydrogens (tertiary/aromatic N) is 2. The number of nitrogens with two attached hydrogens (primary N) is 1. The summed E-state index contributed by atoms with van der Waals surface area (Å²) < 4.78 is 27.0. The van der Waals surface area contributed by atoms with E-state index in [0.29, 0.717) is 6.54 Å². The maximum absolute atomic E-state index is 11.6. The summed E-state index contributed by atoms with van der Waals surface area (Å²) in [4.78, 5) is 0.158. The molecule has 15 heavy (non-hydrogen) atoms. The Morgan fingerprint density at radius 2 is 2.33 bits per heavy atom. The predicted molar refractivity (Wildman–Crippen MR) is 56.6 cm³/mol. The fourth-order valence-corrected chi connectivity index (χ4v) is 1.92. The maximum Gasteiger partial charge on any atom is 0.243 e. The van der Waals surface area contributed by atoms with Crippen LogP contribution in [0.4, 0.5) is 0 Å². The van der Waals surface area contributed by atoms with Gasteiger partial charge in [0.15, 0.2) is 0 Å². The van der Waals surface area contributed by atoms with Gasteiger partial charge in [-0.1, -0.05) is 12.2 Å². The molecule has 0 saturated carbocycles. The van der Waals surface area contributed by atoms with Crippen molar-refractivity contribution in [3.63, 3.8) is 0 Å². The zero-order chi connectivity index (χ0) is 11.3. The van der Waals surface area contributed by atoms with Gasteiger partial charge < -0.3 is 5.73 Å². The van der Waals surface area contributed by atoms with Gasteiger partial charge in [0.25, 0.3) is 0 Å². The van der Waals surface area contributed by atoms with Crippen LogP contribution < -0.4 is 10.5 Å². The number of aryl methyl sites for hydroxylation is 1. The van der Waals surface area contributed by atoms with E-state index in [1.165, 1.54) is 17.1 Å². The van der Waals surface area contributed by atoms with E-state index in [-0.39, 0.29) is 11.4 Å². The summed E-state index contributed by atoms with van der Waals surface area (Å²) >= 11 is 0. The van der Waals surface area contributed by atoms with Gasteiger partial charge in [-0.15, -0.1) is 0 Å². The Bertz CT molecular complexity index is 435. The molecule has 3 N–H and O–H groups in total. The molecule has 1 aromatic heterocycles. The summed E-state index contributed by atoms with van der Waals surface area (Å²) in [6.45, 7) is 0.628. The minimum absolute atomic E-state index is 0.158. The van der Waals surface area contributed by atoms with Gasteiger partial charge in [-0.25, -0.2) is 13.1 Å². The molecule has 0 unspecified atom stereocenters. The van der Waals surface area contributed by atoms with E-state index in [1.807, 2.05) is 0 Å². The van der Waals surface area contributed by atoms with Gasteiger partial charge in [0.05, 0.1) is 6.20 Å². The summed E-state index contributed by atoms with van der Waals surface area (Å²) in [5, 5.41) is 3.79. The summed E-state index contributed by atoms with van der Waals surface area (Å²) in [5.41, 5.74) is 5.22. The quantitative estimate of drug-likeness (QED) is 0.649. The molecule has 0 atom stereocenters. The van der Waals surface area contributed by atoms with E-state index >= 15 is 0 Å². The minimum atomic E-state index is -3.45. The minimum Gasteiger partial charge on any atom is -0.327 e. The van der Waals surface area contributed by atoms with Gasteiger partial charge in [-0.2, -0.15) is 5.10 Å². The smallest absolute Gasteiger partial charge is 0.243 e. The van der Waals surface area contributed by atoms with Crippen LogP contribution in [-0.2, 0) is 17.1 Å². The maximum atomic E-state index is 11.6. The second kappa shape index (κ2) is 5.06. The van der Waals surface area contributed by atoms with Crippen LogP contribution in [0.3, 0.4) is 0 Å². The Morgan fingerprint density at radius 3 is 2.87 bits per heavy atom. The average Bonchev–Trinajstić information content (AvgIpc) is 2.60. The lowest BCUT2D eigenvalue weighted by molar-refractivity contribution is 0.585. The molecule has 0 aliphatic rings. The molecule has 0 amide bonds. The molecule has 1 aromatic rings. The third-order valence-corrected chi connectivity index (χ3v) is 3.06. The molecule has 6 nitrogen and oxygen atoms in total. The van der Waals surface area contributed by atoms with E-state index in [4.69, 9.17) is 5.73 Å². The first kappa shape index (κ1) is 11.9. The van der Waals surface area contributed by atoms with Crippen molar-refractivity contribution in [3.05, 3.63) is 24.5 Å². The SMILES string of the molecule is Cn1cc(S(=O)(=O)NC/C=C/CN)cn1. The first-order valence-corrected chi connectivity index (χ1v) is 5.88. The molecule has 0 fully saturated rings. The van der Waals surface area contributed by atoms with Crippen molar-refractivity contribution in [2.24, 2.45) is 12.8 Å². The molecule has 0 aliphatic heterocycles. The second-order valence-corrected chi connectivity index (χ2v) is 4.68. The molecule has 1 heterocycles. The van der Waals surface area contributed by atoms with Crippen LogP contribution in [0, 0.1) is 0 Å². The van der Waals surface area contributed by atoms with Gasteiger partial charge in [-0.3, -0.25) is 4.68 Å². The third-order valence-electron chi connectivity index (χ3n) is 1.69. The Morgan fingerprint density at radius 1 is 1.60 bits per heavy atom. The van der Waals surface area contributed by atoms with Crippen LogP contribution in [-0.4, -0.2) is 31.3 Å². The summed E-state index contributed by atoms with van der Waals surface area (Å²) in [6.07, 6.45) is 6.09. The molecule has 0 spiro atoms. The first-order chi connectivity index (χ1) is 7.06. The van der Waals surface area contributed by atoms with Crippen molar-refractivity contribution in [2.45, 2.75) is 4.90 Å². The zero-order valence-electron chi connectivity index (χ0n) is 8.42. The number of aromatic nitrogens is 2. The Labute approximate surface area is 88.8 Å². The second-order valence-electron chi connectivity index (χ2n) is 2.91. The lowest BCUT2D eigenvalue weighted by Gasteiger charge is -2.00. The summed E-state index contributed by atoms with van der Waals surface area (Å²) in [7, 11) is -1.79. The molecule has 0 radical (unpaired) electrons. The Balaban J connectivity index is 2.64. The molecule has 1 rings (SSSR count). The largest absolute Gasteiger partial charge is 0.327 e. The standard InChI is InChI=1S/C8H14N4O2S/c1-12-7-8(6-10-12)15(13,14)11-5-3-2-4-9/h2-3,6-7,11H,4-5,9H2,1H3/b3-2+. The summed E-state index contributed by atoms with van der Waals surface area (Å²) in [5.74, 6) is 0. The lowest BCUT2D eigenvalue weighted by atomic mass is 10.5. The van der Waals surface area contributed by atoms with Crippen molar-refractivity contribution in [3.8, 4) is 0 Å². The molecule has 0 aliphatic carbocycles. The van der Waals surface area contributed by atoms with E-state index < -0.39 is 10.0 Å². The van der Waals surface area contributed by atoms with Crippen molar-refractivity contribution >= 4 is 10.0 Å². The molecule has 0 saturated heterocycles. The molecule has 7 heteroatoms. The van der Waals surface area contributed by atoms with E-state index in [2.05, 4.69) is 9.82 Å². The monoisotopic (exact) mass is 230 g/mol. The molecule has 84 valence electrons. The van der Waals surface area contributed by atoms with Gasteiger partial charge >= 0.3 is 0 Å². The Kier molecular flexibility index (Phi) is 4.01. The number of hydrogen-bond acceptors (Lipinski definition) is 4. The predicted octanol–water partition coefficient (Wildman–Crippen LogP) is -0.787. The topological polar surface area (TPSA) is 90.0 Å². The van der Waals surface area contributed by atoms with Crippen LogP contribution in [0.5, 0.6) is 0 Å². The highest BCUT2D eigenvalue weighted by Crippen LogP contribution is 2.04. The highest BCUT2D eigenvalue weighted by molar-refractivity contribution is 7.89. The van der Waals surface area contributed by atoms with Crippen LogP contribution in [0.25, 0.3) is 0 Å². The van der Waals surface area contributed by atoms with Gasteiger partial charge in [0.1, 0.15) is 4.90 Å². The van der Waals surface area contributed by atoms with Gasteiger partial charge in [0.2, 0.25) is 10.0 Å². The lowest BCUT2D eigenvalue weighted by Crippen LogP contribution is -2.23. The van der Waals surface area contributed by atoms with Crippen LogP contribution >= 0.6 is 0 Å². The fourth-order valence-electron chi connectivity index (χ4n) is 0.958. The highest BCUT2D eigenvalue weighted by Gasteiger charge is 2.14. The number of sulfonamides is 1. The Hall–Kier alpha value is -1.18. The molecule has 0 bridgehead atoms. The van der Waals surface area contributed by atoms with Crippen LogP contribution in [0.15, 0.2) is 29.4 Å². The molecular weight excluding hydrogens is 216 g/mol. The van der Waals surface area contributed by atoms with Crippen molar-refractivity contribution < 1.29 is 8.42 Å². The fraction of sp³-hybridized carbons (Fsp3) is 0.375. The third kappa shape index (κ3) is 3.46. The number of rotatable bonds is 5. The van der Waals surface area contributed by atoms with Crippen molar-refractivity contribution in [1.29, 1.82) is 0 Å². The van der Waals surface area contributed by atoms with Crippen molar-refractivity contribution in [1.82, 2.24) is 14.5 Å². The van der Waals surface area contributed by atoms with Gasteiger partial charge in [-0.05, 0) is 0 Å². The summed E-state index contributed by atoms with van der Waals surface area (Å²) in [6, 6.07) is 0. The normalized spacial score (nSPS) is 12.4. The van der Waals surface area contributed by atoms with Gasteiger partial charge in [0, 0.05) is 26.3 Å². The number of nitrogens with one attached hydrogen (secondary N) is 1. The average molecular weight is 230 g/mol. The van der Waals surface area contributed by atoms with E-state index in [0.717, 1.165) is 0 Å². The molecule has 0 aromatic carbocycles. The highest BCUT2D eigenvalue weighted by atomic mass is 32.2. The molecular formula is C8H14N4O2S. The first-order valence-electron chi connectivity index (χ1n) is 4.39. The van der Waals surface area contributed by atoms with Crippen LogP contribution in [0.2, 0.25) is 0 Å². The van der Waals surface area contributed by atoms with E-state index in [1.54, 1.807) is 19.2 Å². The number of hydrogen-bond donors (Lipinski definition) is 2. The zero-order valence-corrected chi connectivity index (χ0v) is 9.24. The van der Waals surface area contributed by atoms with E-state index in [9.17, 15) is 8.42 Å². The van der Waals surface area contributed by atoms with Crippen LogP contribution in [0.1, 0.15) is 0 Å².